The Balaban J connectivity index is 2.52. The topological polar surface area (TPSA) is 44.1 Å². The van der Waals surface area contributed by atoms with Gasteiger partial charge in [-0.15, -0.1) is 11.3 Å². The van der Waals surface area contributed by atoms with E-state index in [-0.39, 0.29) is 11.6 Å². The zero-order chi connectivity index (χ0) is 10.8. The van der Waals surface area contributed by atoms with Crippen LogP contribution >= 0.6 is 11.3 Å². The minimum atomic E-state index is 0.0135. The smallest absolute Gasteiger partial charge is 0.271 e. The van der Waals surface area contributed by atoms with Crippen LogP contribution in [0.3, 0.4) is 0 Å². The van der Waals surface area contributed by atoms with Crippen LogP contribution in [0.25, 0.3) is 10.2 Å². The molecule has 0 saturated carbocycles. The lowest BCUT2D eigenvalue weighted by atomic mass is 10.3. The molecule has 80 valence electrons. The first kappa shape index (κ1) is 10.3. The van der Waals surface area contributed by atoms with E-state index in [1.807, 2.05) is 18.4 Å². The van der Waals surface area contributed by atoms with Crippen molar-refractivity contribution in [2.45, 2.75) is 13.0 Å². The second-order valence-electron chi connectivity index (χ2n) is 3.40. The van der Waals surface area contributed by atoms with Gasteiger partial charge >= 0.3 is 0 Å². The van der Waals surface area contributed by atoms with Gasteiger partial charge in [-0.2, -0.15) is 0 Å². The summed E-state index contributed by atoms with van der Waals surface area (Å²) in [4.78, 5) is 16.2. The number of hydrogen-bond acceptors (Lipinski definition) is 4. The number of ether oxygens (including phenoxy) is 1. The van der Waals surface area contributed by atoms with Crippen molar-refractivity contribution in [1.82, 2.24) is 9.55 Å². The van der Waals surface area contributed by atoms with Gasteiger partial charge in [-0.25, -0.2) is 4.98 Å². The van der Waals surface area contributed by atoms with Gasteiger partial charge in [0.15, 0.2) is 0 Å². The van der Waals surface area contributed by atoms with Crippen molar-refractivity contribution in [3.63, 3.8) is 0 Å². The number of hydrogen-bond donors (Lipinski definition) is 0. The minimum Gasteiger partial charge on any atom is -0.383 e. The van der Waals surface area contributed by atoms with Crippen molar-refractivity contribution in [2.24, 2.45) is 0 Å². The van der Waals surface area contributed by atoms with Crippen LogP contribution in [0.1, 0.15) is 13.0 Å². The van der Waals surface area contributed by atoms with E-state index in [1.54, 1.807) is 18.0 Å². The standard InChI is InChI=1S/C10H12N2O2S/c1-7(5-14-2)12-6-11-8-3-4-15-9(8)10(12)13/h3-4,6-7H,5H2,1-2H3/t7-/m1/s1. The van der Waals surface area contributed by atoms with Crippen LogP contribution in [0.5, 0.6) is 0 Å². The maximum absolute atomic E-state index is 12.0. The SMILES string of the molecule is COC[C@@H](C)n1cnc2ccsc2c1=O. The predicted octanol–water partition coefficient (Wildman–Crippen LogP) is 1.67. The van der Waals surface area contributed by atoms with Gasteiger partial charge in [-0.05, 0) is 18.4 Å². The fraction of sp³-hybridized carbons (Fsp3) is 0.400. The summed E-state index contributed by atoms with van der Waals surface area (Å²) >= 11 is 1.43. The lowest BCUT2D eigenvalue weighted by Gasteiger charge is -2.12. The molecule has 15 heavy (non-hydrogen) atoms. The molecule has 5 heteroatoms. The molecule has 2 rings (SSSR count). The highest BCUT2D eigenvalue weighted by molar-refractivity contribution is 7.17. The van der Waals surface area contributed by atoms with E-state index in [4.69, 9.17) is 4.74 Å². The van der Waals surface area contributed by atoms with Gasteiger partial charge in [0, 0.05) is 7.11 Å². The Morgan fingerprint density at radius 2 is 2.47 bits per heavy atom. The quantitative estimate of drug-likeness (QED) is 0.796. The van der Waals surface area contributed by atoms with E-state index in [0.717, 1.165) is 5.52 Å². The van der Waals surface area contributed by atoms with Gasteiger partial charge in [-0.1, -0.05) is 0 Å². The van der Waals surface area contributed by atoms with E-state index in [9.17, 15) is 4.79 Å². The van der Waals surface area contributed by atoms with E-state index in [0.29, 0.717) is 11.3 Å². The molecule has 0 saturated heterocycles. The summed E-state index contributed by atoms with van der Waals surface area (Å²) < 4.78 is 7.34. The number of thiophene rings is 1. The van der Waals surface area contributed by atoms with E-state index in [1.165, 1.54) is 11.3 Å². The summed E-state index contributed by atoms with van der Waals surface area (Å²) in [6.45, 7) is 2.45. The molecule has 0 spiro atoms. The third kappa shape index (κ3) is 1.80. The molecule has 0 amide bonds. The molecule has 2 heterocycles. The van der Waals surface area contributed by atoms with Crippen LogP contribution in [-0.2, 0) is 4.74 Å². The Hall–Kier alpha value is -1.20. The minimum absolute atomic E-state index is 0.0135. The molecule has 0 fully saturated rings. The molecule has 0 N–H and O–H groups in total. The number of methoxy groups -OCH3 is 1. The summed E-state index contributed by atoms with van der Waals surface area (Å²) in [6.07, 6.45) is 1.58. The normalized spacial score (nSPS) is 13.2. The summed E-state index contributed by atoms with van der Waals surface area (Å²) in [5.41, 5.74) is 0.783. The molecule has 0 aliphatic heterocycles. The van der Waals surface area contributed by atoms with Gasteiger partial charge in [0.2, 0.25) is 0 Å². The van der Waals surface area contributed by atoms with Crippen molar-refractivity contribution in [3.05, 3.63) is 28.1 Å². The van der Waals surface area contributed by atoms with Gasteiger partial charge in [-0.3, -0.25) is 9.36 Å². The Morgan fingerprint density at radius 1 is 1.67 bits per heavy atom. The monoisotopic (exact) mass is 224 g/mol. The fourth-order valence-electron chi connectivity index (χ4n) is 1.49. The van der Waals surface area contributed by atoms with Crippen LogP contribution in [-0.4, -0.2) is 23.3 Å². The van der Waals surface area contributed by atoms with E-state index < -0.39 is 0 Å². The predicted molar refractivity (Wildman–Crippen MR) is 60.5 cm³/mol. The molecule has 0 unspecified atom stereocenters. The molecule has 0 radical (unpaired) electrons. The van der Waals surface area contributed by atoms with E-state index >= 15 is 0 Å². The number of aromatic nitrogens is 2. The first-order chi connectivity index (χ1) is 7.24. The maximum atomic E-state index is 12.0. The lowest BCUT2D eigenvalue weighted by Crippen LogP contribution is -2.25. The Morgan fingerprint density at radius 3 is 3.20 bits per heavy atom. The zero-order valence-electron chi connectivity index (χ0n) is 8.64. The molecule has 2 aromatic rings. The number of rotatable bonds is 3. The molecule has 1 atom stereocenters. The van der Waals surface area contributed by atoms with Crippen molar-refractivity contribution >= 4 is 21.6 Å². The lowest BCUT2D eigenvalue weighted by molar-refractivity contribution is 0.160. The van der Waals surface area contributed by atoms with Crippen LogP contribution in [0.4, 0.5) is 0 Å². The fourth-order valence-corrected chi connectivity index (χ4v) is 2.27. The summed E-state index contributed by atoms with van der Waals surface area (Å²) in [7, 11) is 1.62. The van der Waals surface area contributed by atoms with Gasteiger partial charge in [0.25, 0.3) is 5.56 Å². The highest BCUT2D eigenvalue weighted by Gasteiger charge is 2.10. The van der Waals surface area contributed by atoms with E-state index in [2.05, 4.69) is 4.98 Å². The van der Waals surface area contributed by atoms with Gasteiger partial charge in [0.05, 0.1) is 24.5 Å². The molecule has 0 aliphatic carbocycles. The van der Waals surface area contributed by atoms with Gasteiger partial charge in [0.1, 0.15) is 4.70 Å². The molecule has 2 aromatic heterocycles. The van der Waals surface area contributed by atoms with Crippen molar-refractivity contribution in [2.75, 3.05) is 13.7 Å². The molecule has 4 nitrogen and oxygen atoms in total. The van der Waals surface area contributed by atoms with Gasteiger partial charge < -0.3 is 4.74 Å². The number of nitrogens with zero attached hydrogens (tertiary/aromatic N) is 2. The Bertz CT molecular complexity index is 517. The third-order valence-corrected chi connectivity index (χ3v) is 3.17. The second-order valence-corrected chi connectivity index (χ2v) is 4.31. The summed E-state index contributed by atoms with van der Waals surface area (Å²) in [5.74, 6) is 0. The summed E-state index contributed by atoms with van der Waals surface area (Å²) in [6, 6.07) is 1.87. The molecular formula is C10H12N2O2S. The molecule has 0 aromatic carbocycles. The molecule has 0 bridgehead atoms. The third-order valence-electron chi connectivity index (χ3n) is 2.28. The Labute approximate surface area is 91.1 Å². The highest BCUT2D eigenvalue weighted by atomic mass is 32.1. The van der Waals surface area contributed by atoms with Crippen LogP contribution in [0, 0.1) is 0 Å². The zero-order valence-corrected chi connectivity index (χ0v) is 9.45. The van der Waals surface area contributed by atoms with Crippen LogP contribution in [0.2, 0.25) is 0 Å². The van der Waals surface area contributed by atoms with Crippen molar-refractivity contribution < 1.29 is 4.74 Å². The molecular weight excluding hydrogens is 212 g/mol. The average Bonchev–Trinajstić information content (AvgIpc) is 2.67. The Kier molecular flexibility index (Phi) is 2.83. The highest BCUT2D eigenvalue weighted by Crippen LogP contribution is 2.14. The van der Waals surface area contributed by atoms with Crippen molar-refractivity contribution in [3.8, 4) is 0 Å². The first-order valence-electron chi connectivity index (χ1n) is 4.67. The largest absolute Gasteiger partial charge is 0.383 e. The average molecular weight is 224 g/mol. The van der Waals surface area contributed by atoms with Crippen LogP contribution < -0.4 is 5.56 Å². The molecule has 0 aliphatic rings. The number of fused-ring (bicyclic) bond motifs is 1. The maximum Gasteiger partial charge on any atom is 0.271 e. The second kappa shape index (κ2) is 4.12. The van der Waals surface area contributed by atoms with Crippen molar-refractivity contribution in [1.29, 1.82) is 0 Å². The first-order valence-corrected chi connectivity index (χ1v) is 5.55. The summed E-state index contributed by atoms with van der Waals surface area (Å²) in [5, 5.41) is 1.88. The van der Waals surface area contributed by atoms with Crippen LogP contribution in [0.15, 0.2) is 22.6 Å².